The summed E-state index contributed by atoms with van der Waals surface area (Å²) in [6.07, 6.45) is 1.55. The van der Waals surface area contributed by atoms with Crippen LogP contribution in [-0.4, -0.2) is 26.5 Å². The smallest absolute Gasteiger partial charge is 0.305 e. The number of hydrogen-bond acceptors (Lipinski definition) is 5. The van der Waals surface area contributed by atoms with Crippen molar-refractivity contribution >= 4 is 34.1 Å². The predicted molar refractivity (Wildman–Crippen MR) is 147 cm³/mol. The van der Waals surface area contributed by atoms with Crippen molar-refractivity contribution < 1.29 is 14.7 Å². The molecule has 0 radical (unpaired) electrons. The molecule has 192 valence electrons. The topological polar surface area (TPSA) is 101 Å². The minimum absolute atomic E-state index is 0.115. The van der Waals surface area contributed by atoms with Gasteiger partial charge in [0.25, 0.3) is 5.56 Å². The van der Waals surface area contributed by atoms with Gasteiger partial charge >= 0.3 is 5.97 Å². The van der Waals surface area contributed by atoms with Crippen molar-refractivity contribution in [1.29, 1.82) is 0 Å². The summed E-state index contributed by atoms with van der Waals surface area (Å²) in [7, 11) is 0. The molecule has 0 fully saturated rings. The van der Waals surface area contributed by atoms with Crippen LogP contribution < -0.4 is 10.9 Å². The van der Waals surface area contributed by atoms with Crippen molar-refractivity contribution in [1.82, 2.24) is 14.9 Å². The van der Waals surface area contributed by atoms with Crippen LogP contribution in [-0.2, 0) is 9.59 Å². The highest BCUT2D eigenvalue weighted by Crippen LogP contribution is 2.35. The van der Waals surface area contributed by atoms with E-state index in [-0.39, 0.29) is 17.9 Å². The van der Waals surface area contributed by atoms with Gasteiger partial charge in [-0.2, -0.15) is 0 Å². The number of thiophene rings is 1. The maximum Gasteiger partial charge on any atom is 0.305 e. The van der Waals surface area contributed by atoms with Crippen LogP contribution in [0.3, 0.4) is 0 Å². The van der Waals surface area contributed by atoms with E-state index in [1.54, 1.807) is 18.2 Å². The normalized spacial score (nSPS) is 13.0. The van der Waals surface area contributed by atoms with E-state index in [1.165, 1.54) is 22.2 Å². The minimum Gasteiger partial charge on any atom is -0.481 e. The zero-order valence-corrected chi connectivity index (χ0v) is 22.2. The molecule has 0 spiro atoms. The number of carboxylic acids is 1. The lowest BCUT2D eigenvalue weighted by atomic mass is 9.99. The highest BCUT2D eigenvalue weighted by atomic mass is 32.1. The summed E-state index contributed by atoms with van der Waals surface area (Å²) in [4.78, 5) is 44.0. The van der Waals surface area contributed by atoms with Crippen LogP contribution in [0.5, 0.6) is 0 Å². The third-order valence-corrected chi connectivity index (χ3v) is 7.43. The molecule has 37 heavy (non-hydrogen) atoms. The van der Waals surface area contributed by atoms with Crippen LogP contribution in [0.2, 0.25) is 0 Å². The van der Waals surface area contributed by atoms with Crippen molar-refractivity contribution in [2.24, 2.45) is 5.92 Å². The molecule has 8 heteroatoms. The Morgan fingerprint density at radius 3 is 2.46 bits per heavy atom. The number of rotatable bonds is 9. The molecule has 0 aliphatic rings. The van der Waals surface area contributed by atoms with Gasteiger partial charge in [-0.3, -0.25) is 19.0 Å². The number of fused-ring (bicyclic) bond motifs is 1. The standard InChI is InChI=1S/C29H31N3O4S/c1-17(2)12-24(32-16-30-22-11-6-5-10-21(22)29(32)36)28(35)31-23(14-26(33)34)20-13-25(37-15-20)27-18(3)8-7-9-19(27)4/h5-11,13,15-17,23-24H,12,14H2,1-4H3,(H,31,35)(H,33,34)/t23-,24-/m0/s1. The van der Waals surface area contributed by atoms with Crippen molar-refractivity contribution in [3.63, 3.8) is 0 Å². The summed E-state index contributed by atoms with van der Waals surface area (Å²) in [5.74, 6) is -1.31. The van der Waals surface area contributed by atoms with Gasteiger partial charge in [-0.15, -0.1) is 11.3 Å². The number of amides is 1. The van der Waals surface area contributed by atoms with Crippen LogP contribution in [0.4, 0.5) is 0 Å². The number of nitrogens with zero attached hydrogens (tertiary/aromatic N) is 2. The summed E-state index contributed by atoms with van der Waals surface area (Å²) in [5.41, 5.74) is 4.37. The quantitative estimate of drug-likeness (QED) is 0.298. The lowest BCUT2D eigenvalue weighted by Crippen LogP contribution is -2.40. The van der Waals surface area contributed by atoms with E-state index < -0.39 is 24.0 Å². The molecule has 1 amide bonds. The van der Waals surface area contributed by atoms with Crippen LogP contribution in [0.25, 0.3) is 21.3 Å². The molecular formula is C29H31N3O4S. The van der Waals surface area contributed by atoms with E-state index in [0.29, 0.717) is 17.3 Å². The average molecular weight is 518 g/mol. The molecule has 2 aromatic carbocycles. The van der Waals surface area contributed by atoms with Gasteiger partial charge in [0, 0.05) is 4.88 Å². The fourth-order valence-corrected chi connectivity index (χ4v) is 5.80. The third kappa shape index (κ3) is 5.80. The number of para-hydroxylation sites is 1. The Bertz CT molecular complexity index is 1480. The first kappa shape index (κ1) is 26.3. The number of carbonyl (C=O) groups excluding carboxylic acids is 1. The van der Waals surface area contributed by atoms with Gasteiger partial charge in [0.1, 0.15) is 6.04 Å². The highest BCUT2D eigenvalue weighted by Gasteiger charge is 2.28. The lowest BCUT2D eigenvalue weighted by Gasteiger charge is -2.24. The van der Waals surface area contributed by atoms with E-state index in [1.807, 2.05) is 63.4 Å². The number of carboxylic acid groups (broad SMARTS) is 1. The molecule has 2 atom stereocenters. The second kappa shape index (κ2) is 11.1. The molecule has 2 heterocycles. The third-order valence-electron chi connectivity index (χ3n) is 6.47. The van der Waals surface area contributed by atoms with Gasteiger partial charge in [0.2, 0.25) is 5.91 Å². The second-order valence-electron chi connectivity index (χ2n) is 9.79. The van der Waals surface area contributed by atoms with Crippen molar-refractivity contribution in [2.75, 3.05) is 0 Å². The van der Waals surface area contributed by atoms with Crippen LogP contribution >= 0.6 is 11.3 Å². The maximum atomic E-state index is 13.6. The van der Waals surface area contributed by atoms with Crippen molar-refractivity contribution in [2.45, 2.75) is 52.6 Å². The SMILES string of the molecule is Cc1cccc(C)c1-c1cc([C@H](CC(=O)O)NC(=O)[C@H](CC(C)C)n2cnc3ccccc3c2=O)cs1. The largest absolute Gasteiger partial charge is 0.481 e. The van der Waals surface area contributed by atoms with E-state index in [9.17, 15) is 19.5 Å². The van der Waals surface area contributed by atoms with Gasteiger partial charge in [0.15, 0.2) is 0 Å². The molecule has 0 unspecified atom stereocenters. The molecule has 4 aromatic rings. The van der Waals surface area contributed by atoms with Crippen molar-refractivity contribution in [3.8, 4) is 10.4 Å². The highest BCUT2D eigenvalue weighted by molar-refractivity contribution is 7.13. The summed E-state index contributed by atoms with van der Waals surface area (Å²) >= 11 is 1.52. The number of nitrogens with one attached hydrogen (secondary N) is 1. The molecule has 2 aromatic heterocycles. The Hall–Kier alpha value is -3.78. The Kier molecular flexibility index (Phi) is 7.88. The van der Waals surface area contributed by atoms with E-state index in [4.69, 9.17) is 0 Å². The Morgan fingerprint density at radius 2 is 1.78 bits per heavy atom. The van der Waals surface area contributed by atoms with Crippen molar-refractivity contribution in [3.05, 3.63) is 87.3 Å². The van der Waals surface area contributed by atoms with Crippen LogP contribution in [0.15, 0.2) is 65.0 Å². The predicted octanol–water partition coefficient (Wildman–Crippen LogP) is 5.66. The van der Waals surface area contributed by atoms with E-state index in [0.717, 1.165) is 27.1 Å². The van der Waals surface area contributed by atoms with Gasteiger partial charge in [-0.1, -0.05) is 44.2 Å². The van der Waals surface area contributed by atoms with Gasteiger partial charge < -0.3 is 10.4 Å². The molecule has 7 nitrogen and oxygen atoms in total. The maximum absolute atomic E-state index is 13.6. The fourth-order valence-electron chi connectivity index (χ4n) is 4.66. The Labute approximate surface area is 219 Å². The molecule has 0 aliphatic heterocycles. The van der Waals surface area contributed by atoms with Gasteiger partial charge in [-0.05, 0) is 72.0 Å². The molecule has 2 N–H and O–H groups in total. The monoisotopic (exact) mass is 517 g/mol. The van der Waals surface area contributed by atoms with E-state index >= 15 is 0 Å². The first-order valence-corrected chi connectivity index (χ1v) is 13.2. The zero-order chi connectivity index (χ0) is 26.7. The molecule has 0 saturated heterocycles. The number of hydrogen-bond donors (Lipinski definition) is 2. The molecule has 0 saturated carbocycles. The molecule has 0 bridgehead atoms. The van der Waals surface area contributed by atoms with Gasteiger partial charge in [-0.25, -0.2) is 4.98 Å². The first-order valence-electron chi connectivity index (χ1n) is 12.3. The number of aromatic nitrogens is 2. The molecular weight excluding hydrogens is 486 g/mol. The van der Waals surface area contributed by atoms with E-state index in [2.05, 4.69) is 10.3 Å². The number of aryl methyl sites for hydroxylation is 2. The summed E-state index contributed by atoms with van der Waals surface area (Å²) in [5, 5.41) is 14.9. The second-order valence-corrected chi connectivity index (χ2v) is 10.7. The average Bonchev–Trinajstić information content (AvgIpc) is 3.32. The number of carbonyl (C=O) groups is 2. The molecule has 4 rings (SSSR count). The zero-order valence-electron chi connectivity index (χ0n) is 21.4. The van der Waals surface area contributed by atoms with Crippen LogP contribution in [0.1, 0.15) is 55.5 Å². The van der Waals surface area contributed by atoms with Gasteiger partial charge in [0.05, 0.1) is 29.7 Å². The fraction of sp³-hybridized carbons (Fsp3) is 0.310. The first-order chi connectivity index (χ1) is 17.7. The molecule has 0 aliphatic carbocycles. The Morgan fingerprint density at radius 1 is 1.08 bits per heavy atom. The summed E-state index contributed by atoms with van der Waals surface area (Å²) in [6, 6.07) is 13.5. The number of benzene rings is 2. The Balaban J connectivity index is 1.68. The summed E-state index contributed by atoms with van der Waals surface area (Å²) < 4.78 is 1.37. The van der Waals surface area contributed by atoms with Crippen LogP contribution in [0, 0.1) is 19.8 Å². The summed E-state index contributed by atoms with van der Waals surface area (Å²) in [6.45, 7) is 8.04. The minimum atomic E-state index is -1.02. The number of aliphatic carboxylic acids is 1. The lowest BCUT2D eigenvalue weighted by molar-refractivity contribution is -0.138.